The van der Waals surface area contributed by atoms with E-state index >= 15 is 0 Å². The van der Waals surface area contributed by atoms with Crippen molar-refractivity contribution in [2.24, 2.45) is 5.73 Å². The van der Waals surface area contributed by atoms with Crippen LogP contribution in [-0.4, -0.2) is 18.1 Å². The van der Waals surface area contributed by atoms with Crippen molar-refractivity contribution < 1.29 is 14.6 Å². The fourth-order valence-corrected chi connectivity index (χ4v) is 1.90. The molecule has 2 aromatic carbocycles. The quantitative estimate of drug-likeness (QED) is 0.806. The van der Waals surface area contributed by atoms with Crippen LogP contribution < -0.4 is 15.8 Å². The predicted octanol–water partition coefficient (Wildman–Crippen LogP) is 2.67. The molecule has 0 aliphatic rings. The average molecular weight is 286 g/mol. The molecule has 1 atom stereocenters. The molecule has 0 aliphatic carbocycles. The van der Waals surface area contributed by atoms with Crippen LogP contribution >= 0.6 is 0 Å². The van der Waals surface area contributed by atoms with Gasteiger partial charge in [0.25, 0.3) is 5.91 Å². The van der Waals surface area contributed by atoms with Gasteiger partial charge < -0.3 is 20.9 Å². The molecule has 0 saturated carbocycles. The van der Waals surface area contributed by atoms with Gasteiger partial charge in [0.05, 0.1) is 7.11 Å². The second-order valence-corrected chi connectivity index (χ2v) is 4.75. The third-order valence-electron chi connectivity index (χ3n) is 3.14. The number of phenolic OH excluding ortho intramolecular Hbond substituents is 1. The highest BCUT2D eigenvalue weighted by Crippen LogP contribution is 2.26. The van der Waals surface area contributed by atoms with Crippen molar-refractivity contribution in [3.8, 4) is 11.5 Å². The molecule has 0 saturated heterocycles. The minimum absolute atomic E-state index is 0.0479. The fourth-order valence-electron chi connectivity index (χ4n) is 1.90. The van der Waals surface area contributed by atoms with Gasteiger partial charge in [-0.2, -0.15) is 0 Å². The number of ether oxygens (including phenoxy) is 1. The number of anilines is 1. The molecule has 0 bridgehead atoms. The molecule has 110 valence electrons. The zero-order valence-electron chi connectivity index (χ0n) is 12.0. The molecule has 1 unspecified atom stereocenters. The maximum atomic E-state index is 12.1. The third-order valence-corrected chi connectivity index (χ3v) is 3.14. The van der Waals surface area contributed by atoms with Gasteiger partial charge in [-0.1, -0.05) is 12.1 Å². The van der Waals surface area contributed by atoms with E-state index in [-0.39, 0.29) is 17.7 Å². The number of hydrogen-bond acceptors (Lipinski definition) is 4. The van der Waals surface area contributed by atoms with E-state index in [9.17, 15) is 9.90 Å². The Morgan fingerprint density at radius 2 is 1.90 bits per heavy atom. The van der Waals surface area contributed by atoms with Crippen molar-refractivity contribution in [1.29, 1.82) is 0 Å². The maximum Gasteiger partial charge on any atom is 0.255 e. The summed E-state index contributed by atoms with van der Waals surface area (Å²) in [7, 11) is 1.45. The SMILES string of the molecule is COc1ccc(C(=O)Nc2ccc(C(C)N)cc2)cc1O. The lowest BCUT2D eigenvalue weighted by Gasteiger charge is -2.09. The lowest BCUT2D eigenvalue weighted by Crippen LogP contribution is -2.12. The summed E-state index contributed by atoms with van der Waals surface area (Å²) in [4.78, 5) is 12.1. The van der Waals surface area contributed by atoms with E-state index in [2.05, 4.69) is 5.32 Å². The molecule has 0 radical (unpaired) electrons. The molecule has 5 heteroatoms. The number of benzene rings is 2. The fraction of sp³-hybridized carbons (Fsp3) is 0.188. The van der Waals surface area contributed by atoms with E-state index in [0.717, 1.165) is 5.56 Å². The highest BCUT2D eigenvalue weighted by Gasteiger charge is 2.10. The van der Waals surface area contributed by atoms with Crippen molar-refractivity contribution in [3.63, 3.8) is 0 Å². The van der Waals surface area contributed by atoms with Crippen LogP contribution in [0.1, 0.15) is 28.9 Å². The summed E-state index contributed by atoms with van der Waals surface area (Å²) in [5, 5.41) is 12.4. The van der Waals surface area contributed by atoms with Crippen LogP contribution in [0.3, 0.4) is 0 Å². The highest BCUT2D eigenvalue weighted by atomic mass is 16.5. The van der Waals surface area contributed by atoms with Crippen molar-refractivity contribution in [1.82, 2.24) is 0 Å². The van der Waals surface area contributed by atoms with E-state index in [4.69, 9.17) is 10.5 Å². The Hall–Kier alpha value is -2.53. The Bertz CT molecular complexity index is 636. The number of carbonyl (C=O) groups excluding carboxylic acids is 1. The molecular formula is C16H18N2O3. The van der Waals surface area contributed by atoms with Crippen LogP contribution in [0.25, 0.3) is 0 Å². The van der Waals surface area contributed by atoms with E-state index in [1.54, 1.807) is 24.3 Å². The lowest BCUT2D eigenvalue weighted by atomic mass is 10.1. The van der Waals surface area contributed by atoms with Crippen molar-refractivity contribution in [3.05, 3.63) is 53.6 Å². The van der Waals surface area contributed by atoms with Gasteiger partial charge in [-0.15, -0.1) is 0 Å². The van der Waals surface area contributed by atoms with Crippen molar-refractivity contribution in [2.75, 3.05) is 12.4 Å². The first-order valence-electron chi connectivity index (χ1n) is 6.55. The Morgan fingerprint density at radius 1 is 1.24 bits per heavy atom. The van der Waals surface area contributed by atoms with Crippen LogP contribution in [-0.2, 0) is 0 Å². The lowest BCUT2D eigenvalue weighted by molar-refractivity contribution is 0.102. The van der Waals surface area contributed by atoms with E-state index in [1.165, 1.54) is 13.2 Å². The molecule has 0 spiro atoms. The number of nitrogens with two attached hydrogens (primary N) is 1. The third kappa shape index (κ3) is 3.52. The molecule has 5 nitrogen and oxygen atoms in total. The van der Waals surface area contributed by atoms with E-state index in [1.807, 2.05) is 19.1 Å². The zero-order chi connectivity index (χ0) is 15.4. The molecule has 1 amide bonds. The summed E-state index contributed by atoms with van der Waals surface area (Å²) in [5.41, 5.74) is 7.79. The minimum atomic E-state index is -0.304. The molecule has 4 N–H and O–H groups in total. The molecule has 0 aromatic heterocycles. The summed E-state index contributed by atoms with van der Waals surface area (Å²) in [6.45, 7) is 1.90. The summed E-state index contributed by atoms with van der Waals surface area (Å²) in [5.74, 6) is -0.0493. The summed E-state index contributed by atoms with van der Waals surface area (Å²) >= 11 is 0. The van der Waals surface area contributed by atoms with Crippen LogP contribution in [0.2, 0.25) is 0 Å². The molecule has 2 rings (SSSR count). The number of nitrogens with one attached hydrogen (secondary N) is 1. The highest BCUT2D eigenvalue weighted by molar-refractivity contribution is 6.04. The first kappa shape index (κ1) is 14.9. The van der Waals surface area contributed by atoms with Gasteiger partial charge in [0.2, 0.25) is 0 Å². The van der Waals surface area contributed by atoms with Crippen LogP contribution in [0.15, 0.2) is 42.5 Å². The summed E-state index contributed by atoms with van der Waals surface area (Å²) in [6, 6.07) is 11.8. The molecule has 21 heavy (non-hydrogen) atoms. The monoisotopic (exact) mass is 286 g/mol. The minimum Gasteiger partial charge on any atom is -0.504 e. The number of hydrogen-bond donors (Lipinski definition) is 3. The molecule has 2 aromatic rings. The number of carbonyl (C=O) groups is 1. The summed E-state index contributed by atoms with van der Waals surface area (Å²) in [6.07, 6.45) is 0. The van der Waals surface area contributed by atoms with Gasteiger partial charge in [-0.3, -0.25) is 4.79 Å². The Labute approximate surface area is 123 Å². The predicted molar refractivity (Wildman–Crippen MR) is 81.7 cm³/mol. The number of rotatable bonds is 4. The number of amides is 1. The standard InChI is InChI=1S/C16H18N2O3/c1-10(17)11-3-6-13(7-4-11)18-16(20)12-5-8-15(21-2)14(19)9-12/h3-10,19H,17H2,1-2H3,(H,18,20). The number of aromatic hydroxyl groups is 1. The number of phenols is 1. The Morgan fingerprint density at radius 3 is 2.43 bits per heavy atom. The first-order valence-corrected chi connectivity index (χ1v) is 6.55. The molecular weight excluding hydrogens is 268 g/mol. The molecule has 0 fully saturated rings. The summed E-state index contributed by atoms with van der Waals surface area (Å²) < 4.78 is 4.94. The average Bonchev–Trinajstić information content (AvgIpc) is 2.47. The van der Waals surface area contributed by atoms with Crippen molar-refractivity contribution >= 4 is 11.6 Å². The second-order valence-electron chi connectivity index (χ2n) is 4.75. The van der Waals surface area contributed by atoms with Gasteiger partial charge in [0, 0.05) is 17.3 Å². The van der Waals surface area contributed by atoms with Gasteiger partial charge in [0.15, 0.2) is 11.5 Å². The van der Waals surface area contributed by atoms with E-state index in [0.29, 0.717) is 17.0 Å². The van der Waals surface area contributed by atoms with Crippen LogP contribution in [0.5, 0.6) is 11.5 Å². The van der Waals surface area contributed by atoms with Gasteiger partial charge >= 0.3 is 0 Å². The molecule has 0 heterocycles. The topological polar surface area (TPSA) is 84.6 Å². The Balaban J connectivity index is 2.12. The van der Waals surface area contributed by atoms with E-state index < -0.39 is 0 Å². The first-order chi connectivity index (χ1) is 10.0. The van der Waals surface area contributed by atoms with Crippen LogP contribution in [0, 0.1) is 0 Å². The number of methoxy groups -OCH3 is 1. The normalized spacial score (nSPS) is 11.8. The second kappa shape index (κ2) is 6.28. The van der Waals surface area contributed by atoms with Crippen molar-refractivity contribution in [2.45, 2.75) is 13.0 Å². The zero-order valence-corrected chi connectivity index (χ0v) is 12.0. The largest absolute Gasteiger partial charge is 0.504 e. The maximum absolute atomic E-state index is 12.1. The van der Waals surface area contributed by atoms with Gasteiger partial charge in [0.1, 0.15) is 0 Å². The molecule has 0 aliphatic heterocycles. The van der Waals surface area contributed by atoms with Gasteiger partial charge in [-0.05, 0) is 42.8 Å². The van der Waals surface area contributed by atoms with Gasteiger partial charge in [-0.25, -0.2) is 0 Å². The Kier molecular flexibility index (Phi) is 4.45. The smallest absolute Gasteiger partial charge is 0.255 e. The van der Waals surface area contributed by atoms with Crippen LogP contribution in [0.4, 0.5) is 5.69 Å².